The van der Waals surface area contributed by atoms with Crippen molar-refractivity contribution in [2.45, 2.75) is 6.54 Å². The third-order valence-corrected chi connectivity index (χ3v) is 3.96. The van der Waals surface area contributed by atoms with Gasteiger partial charge in [-0.15, -0.1) is 0 Å². The number of nitrogens with one attached hydrogen (secondary N) is 1. The molecular formula is C19H14ClN3O4. The molecule has 1 aromatic heterocycles. The predicted octanol–water partition coefficient (Wildman–Crippen LogP) is 3.10. The first kappa shape index (κ1) is 18.3. The fraction of sp³-hybridized carbons (Fsp3) is 0.0526. The van der Waals surface area contributed by atoms with E-state index in [-0.39, 0.29) is 23.5 Å². The second-order valence-corrected chi connectivity index (χ2v) is 6.10. The van der Waals surface area contributed by atoms with E-state index in [1.54, 1.807) is 42.5 Å². The number of aromatic carboxylic acids is 1. The molecule has 2 aromatic carbocycles. The number of carbonyl (C=O) groups is 3. The maximum Gasteiger partial charge on any atom is 0.338 e. The minimum atomic E-state index is -1.13. The van der Waals surface area contributed by atoms with Gasteiger partial charge in [-0.25, -0.2) is 4.79 Å². The van der Waals surface area contributed by atoms with E-state index in [9.17, 15) is 14.4 Å². The maximum absolute atomic E-state index is 12.7. The zero-order valence-electron chi connectivity index (χ0n) is 13.9. The van der Waals surface area contributed by atoms with Gasteiger partial charge in [0.1, 0.15) is 6.54 Å². The van der Waals surface area contributed by atoms with Crippen LogP contribution < -0.4 is 5.32 Å². The van der Waals surface area contributed by atoms with E-state index in [2.05, 4.69) is 10.4 Å². The van der Waals surface area contributed by atoms with Crippen LogP contribution in [0.3, 0.4) is 0 Å². The molecule has 0 bridgehead atoms. The molecule has 0 spiro atoms. The van der Waals surface area contributed by atoms with Crippen molar-refractivity contribution in [2.24, 2.45) is 0 Å². The summed E-state index contributed by atoms with van der Waals surface area (Å²) in [5.41, 5.74) is 1.01. The van der Waals surface area contributed by atoms with Gasteiger partial charge in [-0.3, -0.25) is 14.3 Å². The zero-order chi connectivity index (χ0) is 19.4. The van der Waals surface area contributed by atoms with E-state index < -0.39 is 11.9 Å². The van der Waals surface area contributed by atoms with Crippen LogP contribution in [0, 0.1) is 0 Å². The van der Waals surface area contributed by atoms with Crippen LogP contribution in [0.15, 0.2) is 60.9 Å². The summed E-state index contributed by atoms with van der Waals surface area (Å²) in [6.07, 6.45) is 2.40. The monoisotopic (exact) mass is 383 g/mol. The first-order valence-corrected chi connectivity index (χ1v) is 8.27. The molecule has 136 valence electrons. The number of nitrogens with zero attached hydrogens (tertiary/aromatic N) is 2. The Hall–Kier alpha value is -3.45. The number of aromatic nitrogens is 2. The number of rotatable bonds is 6. The van der Waals surface area contributed by atoms with Gasteiger partial charge in [-0.2, -0.15) is 5.10 Å². The van der Waals surface area contributed by atoms with Crippen LogP contribution in [0.5, 0.6) is 0 Å². The van der Waals surface area contributed by atoms with E-state index in [4.69, 9.17) is 16.7 Å². The minimum Gasteiger partial charge on any atom is -0.478 e. The number of benzene rings is 2. The maximum atomic E-state index is 12.7. The number of anilines is 1. The van der Waals surface area contributed by atoms with Gasteiger partial charge in [-0.1, -0.05) is 41.9 Å². The number of amides is 1. The Labute approximate surface area is 159 Å². The van der Waals surface area contributed by atoms with Crippen molar-refractivity contribution in [3.05, 3.63) is 82.6 Å². The number of carboxylic acid groups (broad SMARTS) is 1. The average molecular weight is 384 g/mol. The molecule has 0 saturated heterocycles. The number of ketones is 1. The summed E-state index contributed by atoms with van der Waals surface area (Å²) >= 11 is 6.01. The summed E-state index contributed by atoms with van der Waals surface area (Å²) in [6, 6.07) is 13.2. The lowest BCUT2D eigenvalue weighted by atomic mass is 10.0. The van der Waals surface area contributed by atoms with Crippen molar-refractivity contribution in [3.8, 4) is 0 Å². The summed E-state index contributed by atoms with van der Waals surface area (Å²) in [4.78, 5) is 35.9. The highest BCUT2D eigenvalue weighted by Gasteiger charge is 2.16. The van der Waals surface area contributed by atoms with Gasteiger partial charge in [0, 0.05) is 22.3 Å². The molecule has 3 aromatic rings. The lowest BCUT2D eigenvalue weighted by molar-refractivity contribution is -0.116. The van der Waals surface area contributed by atoms with Crippen LogP contribution in [0.1, 0.15) is 26.3 Å². The van der Waals surface area contributed by atoms with Gasteiger partial charge < -0.3 is 10.4 Å². The summed E-state index contributed by atoms with van der Waals surface area (Å²) in [7, 11) is 0. The van der Waals surface area contributed by atoms with E-state index >= 15 is 0 Å². The Morgan fingerprint density at radius 3 is 2.48 bits per heavy atom. The van der Waals surface area contributed by atoms with Crippen LogP contribution in [-0.2, 0) is 11.3 Å². The van der Waals surface area contributed by atoms with E-state index in [1.165, 1.54) is 16.9 Å². The van der Waals surface area contributed by atoms with Crippen molar-refractivity contribution >= 4 is 34.9 Å². The van der Waals surface area contributed by atoms with Gasteiger partial charge in [0.25, 0.3) is 0 Å². The molecule has 7 nitrogen and oxygen atoms in total. The second-order valence-electron chi connectivity index (χ2n) is 5.66. The normalized spacial score (nSPS) is 10.4. The summed E-state index contributed by atoms with van der Waals surface area (Å²) in [6.45, 7) is -0.200. The number of halogens is 1. The van der Waals surface area contributed by atoms with Crippen LogP contribution in [0.2, 0.25) is 5.02 Å². The minimum absolute atomic E-state index is 0.0192. The molecule has 0 unspecified atom stereocenters. The number of hydrogen-bond donors (Lipinski definition) is 2. The molecule has 1 amide bonds. The highest BCUT2D eigenvalue weighted by atomic mass is 35.5. The zero-order valence-corrected chi connectivity index (χ0v) is 14.7. The first-order chi connectivity index (χ1) is 12.9. The Kier molecular flexibility index (Phi) is 5.33. The van der Waals surface area contributed by atoms with Crippen LogP contribution in [0.4, 0.5) is 5.69 Å². The molecule has 27 heavy (non-hydrogen) atoms. The molecule has 0 aliphatic carbocycles. The van der Waals surface area contributed by atoms with Crippen molar-refractivity contribution in [1.29, 1.82) is 0 Å². The molecule has 0 aliphatic heterocycles. The summed E-state index contributed by atoms with van der Waals surface area (Å²) in [5.74, 6) is -1.87. The molecule has 0 fully saturated rings. The molecule has 1 heterocycles. The third kappa shape index (κ3) is 4.39. The van der Waals surface area contributed by atoms with E-state index in [0.717, 1.165) is 6.20 Å². The summed E-state index contributed by atoms with van der Waals surface area (Å²) < 4.78 is 1.20. The lowest BCUT2D eigenvalue weighted by Crippen LogP contribution is -2.20. The second kappa shape index (κ2) is 7.84. The van der Waals surface area contributed by atoms with Gasteiger partial charge in [-0.05, 0) is 18.2 Å². The Bertz CT molecular complexity index is 1010. The van der Waals surface area contributed by atoms with Gasteiger partial charge in [0.15, 0.2) is 5.78 Å². The average Bonchev–Trinajstić information content (AvgIpc) is 3.12. The molecule has 0 aliphatic rings. The van der Waals surface area contributed by atoms with Crippen LogP contribution in [-0.4, -0.2) is 32.5 Å². The molecule has 3 rings (SSSR count). The van der Waals surface area contributed by atoms with Crippen molar-refractivity contribution in [2.75, 3.05) is 5.32 Å². The quantitative estimate of drug-likeness (QED) is 0.637. The summed E-state index contributed by atoms with van der Waals surface area (Å²) in [5, 5.41) is 15.7. The van der Waals surface area contributed by atoms with Crippen molar-refractivity contribution in [3.63, 3.8) is 0 Å². The topological polar surface area (TPSA) is 101 Å². The van der Waals surface area contributed by atoms with Gasteiger partial charge in [0.05, 0.1) is 17.4 Å². The largest absolute Gasteiger partial charge is 0.478 e. The lowest BCUT2D eigenvalue weighted by Gasteiger charge is -2.11. The number of hydrogen-bond acceptors (Lipinski definition) is 4. The standard InChI is InChI=1S/C19H14ClN3O4/c20-14-6-7-16(15(8-14)18(25)12-4-2-1-3-5-12)22-17(24)11-23-10-13(9-21-23)19(26)27/h1-10H,11H2,(H,22,24)(H,26,27). The smallest absolute Gasteiger partial charge is 0.338 e. The van der Waals surface area contributed by atoms with E-state index in [0.29, 0.717) is 16.3 Å². The van der Waals surface area contributed by atoms with Crippen molar-refractivity contribution in [1.82, 2.24) is 9.78 Å². The molecule has 2 N–H and O–H groups in total. The molecule has 0 radical (unpaired) electrons. The molecule has 8 heteroatoms. The first-order valence-electron chi connectivity index (χ1n) is 7.89. The van der Waals surface area contributed by atoms with Gasteiger partial charge >= 0.3 is 5.97 Å². The molecular weight excluding hydrogens is 370 g/mol. The Morgan fingerprint density at radius 1 is 1.07 bits per heavy atom. The Balaban J connectivity index is 1.81. The van der Waals surface area contributed by atoms with Gasteiger partial charge in [0.2, 0.25) is 5.91 Å². The highest BCUT2D eigenvalue weighted by molar-refractivity contribution is 6.31. The fourth-order valence-electron chi connectivity index (χ4n) is 2.46. The predicted molar refractivity (Wildman–Crippen MR) is 99.1 cm³/mol. The fourth-order valence-corrected chi connectivity index (χ4v) is 2.63. The van der Waals surface area contributed by atoms with E-state index in [1.807, 2.05) is 0 Å². The molecule has 0 atom stereocenters. The highest BCUT2D eigenvalue weighted by Crippen LogP contribution is 2.23. The van der Waals surface area contributed by atoms with Crippen molar-refractivity contribution < 1.29 is 19.5 Å². The Morgan fingerprint density at radius 2 is 1.81 bits per heavy atom. The van der Waals surface area contributed by atoms with Crippen LogP contribution in [0.25, 0.3) is 0 Å². The number of carbonyl (C=O) groups excluding carboxylic acids is 2. The van der Waals surface area contributed by atoms with Crippen LogP contribution >= 0.6 is 11.6 Å². The number of carboxylic acids is 1. The molecule has 0 saturated carbocycles. The SMILES string of the molecule is O=C(Cn1cc(C(=O)O)cn1)Nc1ccc(Cl)cc1C(=O)c1ccccc1. The third-order valence-electron chi connectivity index (χ3n) is 3.72.